The average Bonchev–Trinajstić information content (AvgIpc) is 3.30. The number of carbonyl (C=O) groups is 1. The molecule has 2 aromatic carbocycles. The van der Waals surface area contributed by atoms with Gasteiger partial charge in [0.25, 0.3) is 5.91 Å². The molecule has 4 rings (SSSR count). The normalized spacial score (nSPS) is 10.4. The summed E-state index contributed by atoms with van der Waals surface area (Å²) in [5.41, 5.74) is 1.78. The van der Waals surface area contributed by atoms with E-state index in [4.69, 9.17) is 9.47 Å². The molecule has 0 saturated carbocycles. The fraction of sp³-hybridized carbons (Fsp3) is 0.0870. The predicted octanol–water partition coefficient (Wildman–Crippen LogP) is 4.39. The smallest absolute Gasteiger partial charge is 0.262 e. The minimum Gasteiger partial charge on any atom is -0.484 e. The van der Waals surface area contributed by atoms with Crippen LogP contribution in [0, 0.1) is 6.92 Å². The Labute approximate surface area is 173 Å². The van der Waals surface area contributed by atoms with Gasteiger partial charge in [-0.1, -0.05) is 17.7 Å². The second kappa shape index (κ2) is 8.91. The van der Waals surface area contributed by atoms with Crippen molar-refractivity contribution in [3.63, 3.8) is 0 Å². The summed E-state index contributed by atoms with van der Waals surface area (Å²) in [6.07, 6.45) is 5.24. The summed E-state index contributed by atoms with van der Waals surface area (Å²) in [5.74, 6) is 2.15. The van der Waals surface area contributed by atoms with Gasteiger partial charge in [0.1, 0.15) is 23.6 Å². The maximum atomic E-state index is 12.1. The molecular formula is C23H20N4O3. The monoisotopic (exact) mass is 400 g/mol. The van der Waals surface area contributed by atoms with Gasteiger partial charge >= 0.3 is 0 Å². The highest BCUT2D eigenvalue weighted by Gasteiger charge is 2.06. The molecule has 7 nitrogen and oxygen atoms in total. The van der Waals surface area contributed by atoms with E-state index in [2.05, 4.69) is 15.3 Å². The molecule has 4 aromatic rings. The summed E-state index contributed by atoms with van der Waals surface area (Å²) >= 11 is 0. The maximum absolute atomic E-state index is 12.1. The molecule has 0 aliphatic heterocycles. The van der Waals surface area contributed by atoms with Gasteiger partial charge in [-0.3, -0.25) is 4.79 Å². The quantitative estimate of drug-likeness (QED) is 0.498. The predicted molar refractivity (Wildman–Crippen MR) is 113 cm³/mol. The van der Waals surface area contributed by atoms with Crippen molar-refractivity contribution < 1.29 is 14.3 Å². The van der Waals surface area contributed by atoms with Crippen molar-refractivity contribution in [2.75, 3.05) is 11.9 Å². The number of carbonyl (C=O) groups excluding carboxylic acids is 1. The second-order valence-corrected chi connectivity index (χ2v) is 6.58. The first kappa shape index (κ1) is 19.2. The van der Waals surface area contributed by atoms with Crippen LogP contribution in [0.4, 0.5) is 5.69 Å². The van der Waals surface area contributed by atoms with Gasteiger partial charge < -0.3 is 19.4 Å². The molecule has 0 unspecified atom stereocenters. The van der Waals surface area contributed by atoms with Gasteiger partial charge in [0, 0.05) is 24.1 Å². The van der Waals surface area contributed by atoms with Gasteiger partial charge in [-0.25, -0.2) is 9.97 Å². The number of anilines is 1. The van der Waals surface area contributed by atoms with Crippen molar-refractivity contribution in [1.29, 1.82) is 0 Å². The highest BCUT2D eigenvalue weighted by molar-refractivity contribution is 5.91. The first-order valence-electron chi connectivity index (χ1n) is 9.38. The number of amides is 1. The van der Waals surface area contributed by atoms with Gasteiger partial charge in [0.15, 0.2) is 6.61 Å². The number of ether oxygens (including phenoxy) is 2. The standard InChI is InChI=1S/C23H20N4O3/c1-17-4-8-19(9-5-17)29-15-22(28)26-18-6-10-20(11-7-18)30-23-14-21(24-16-25-23)27-12-2-3-13-27/h2-14,16H,15H2,1H3,(H,26,28). The first-order valence-corrected chi connectivity index (χ1v) is 9.38. The Morgan fingerprint density at radius 2 is 1.67 bits per heavy atom. The third-order valence-corrected chi connectivity index (χ3v) is 4.25. The van der Waals surface area contributed by atoms with Crippen LogP contribution in [0.1, 0.15) is 5.56 Å². The Kier molecular flexibility index (Phi) is 5.70. The van der Waals surface area contributed by atoms with Gasteiger partial charge in [0.2, 0.25) is 5.88 Å². The van der Waals surface area contributed by atoms with Crippen molar-refractivity contribution >= 4 is 11.6 Å². The van der Waals surface area contributed by atoms with Gasteiger partial charge in [-0.05, 0) is 55.5 Å². The Balaban J connectivity index is 1.32. The van der Waals surface area contributed by atoms with Crippen molar-refractivity contribution in [3.8, 4) is 23.2 Å². The van der Waals surface area contributed by atoms with Gasteiger partial charge in [-0.2, -0.15) is 0 Å². The van der Waals surface area contributed by atoms with E-state index < -0.39 is 0 Å². The summed E-state index contributed by atoms with van der Waals surface area (Å²) in [6.45, 7) is 1.93. The molecule has 1 amide bonds. The first-order chi connectivity index (χ1) is 14.7. The molecule has 0 spiro atoms. The van der Waals surface area contributed by atoms with Crippen molar-refractivity contribution in [3.05, 3.63) is 91.0 Å². The number of rotatable bonds is 7. The maximum Gasteiger partial charge on any atom is 0.262 e. The van der Waals surface area contributed by atoms with Crippen LogP contribution in [0.5, 0.6) is 17.4 Å². The van der Waals surface area contributed by atoms with Crippen LogP contribution in [0.2, 0.25) is 0 Å². The number of aryl methyl sites for hydroxylation is 1. The number of aromatic nitrogens is 3. The van der Waals surface area contributed by atoms with Crippen molar-refractivity contribution in [1.82, 2.24) is 14.5 Å². The highest BCUT2D eigenvalue weighted by atomic mass is 16.5. The molecule has 0 fully saturated rings. The number of hydrogen-bond acceptors (Lipinski definition) is 5. The highest BCUT2D eigenvalue weighted by Crippen LogP contribution is 2.22. The zero-order valence-electron chi connectivity index (χ0n) is 16.4. The topological polar surface area (TPSA) is 78.3 Å². The summed E-state index contributed by atoms with van der Waals surface area (Å²) in [4.78, 5) is 20.5. The molecule has 30 heavy (non-hydrogen) atoms. The lowest BCUT2D eigenvalue weighted by molar-refractivity contribution is -0.118. The van der Waals surface area contributed by atoms with E-state index in [0.717, 1.165) is 5.56 Å². The van der Waals surface area contributed by atoms with E-state index in [1.165, 1.54) is 6.33 Å². The number of nitrogens with one attached hydrogen (secondary N) is 1. The van der Waals surface area contributed by atoms with E-state index in [1.807, 2.05) is 60.3 Å². The fourth-order valence-electron chi connectivity index (χ4n) is 2.72. The minimum atomic E-state index is -0.239. The van der Waals surface area contributed by atoms with Crippen LogP contribution >= 0.6 is 0 Å². The molecule has 0 radical (unpaired) electrons. The summed E-state index contributed by atoms with van der Waals surface area (Å²) in [5, 5.41) is 2.79. The van der Waals surface area contributed by atoms with Crippen LogP contribution in [0.3, 0.4) is 0 Å². The Bertz CT molecular complexity index is 1110. The van der Waals surface area contributed by atoms with E-state index >= 15 is 0 Å². The van der Waals surface area contributed by atoms with E-state index in [1.54, 1.807) is 30.3 Å². The average molecular weight is 400 g/mol. The molecule has 0 aliphatic rings. The Morgan fingerprint density at radius 1 is 0.967 bits per heavy atom. The van der Waals surface area contributed by atoms with Crippen LogP contribution in [0.15, 0.2) is 85.5 Å². The summed E-state index contributed by atoms with van der Waals surface area (Å²) in [7, 11) is 0. The zero-order valence-corrected chi connectivity index (χ0v) is 16.4. The van der Waals surface area contributed by atoms with Gasteiger partial charge in [-0.15, -0.1) is 0 Å². The molecular weight excluding hydrogens is 380 g/mol. The number of nitrogens with zero attached hydrogens (tertiary/aromatic N) is 3. The zero-order chi connectivity index (χ0) is 20.8. The third-order valence-electron chi connectivity index (χ3n) is 4.25. The molecule has 2 heterocycles. The molecule has 7 heteroatoms. The lowest BCUT2D eigenvalue weighted by Crippen LogP contribution is -2.20. The van der Waals surface area contributed by atoms with Crippen LogP contribution in [-0.2, 0) is 4.79 Å². The number of hydrogen-bond donors (Lipinski definition) is 1. The Hall–Kier alpha value is -4.13. The van der Waals surface area contributed by atoms with Crippen LogP contribution in [-0.4, -0.2) is 27.0 Å². The molecule has 2 aromatic heterocycles. The molecule has 1 N–H and O–H groups in total. The van der Waals surface area contributed by atoms with Crippen molar-refractivity contribution in [2.45, 2.75) is 6.92 Å². The van der Waals surface area contributed by atoms with E-state index in [-0.39, 0.29) is 12.5 Å². The third kappa shape index (κ3) is 5.02. The minimum absolute atomic E-state index is 0.0651. The summed E-state index contributed by atoms with van der Waals surface area (Å²) < 4.78 is 13.1. The Morgan fingerprint density at radius 3 is 2.40 bits per heavy atom. The lowest BCUT2D eigenvalue weighted by Gasteiger charge is -2.09. The van der Waals surface area contributed by atoms with Crippen LogP contribution in [0.25, 0.3) is 5.82 Å². The number of benzene rings is 2. The van der Waals surface area contributed by atoms with Gasteiger partial charge in [0.05, 0.1) is 0 Å². The molecule has 150 valence electrons. The fourth-order valence-corrected chi connectivity index (χ4v) is 2.72. The second-order valence-electron chi connectivity index (χ2n) is 6.58. The summed E-state index contributed by atoms with van der Waals surface area (Å²) in [6, 6.07) is 20.2. The van der Waals surface area contributed by atoms with Crippen LogP contribution < -0.4 is 14.8 Å². The largest absolute Gasteiger partial charge is 0.484 e. The van der Waals surface area contributed by atoms with E-state index in [0.29, 0.717) is 28.9 Å². The molecule has 0 aliphatic carbocycles. The molecule has 0 saturated heterocycles. The van der Waals surface area contributed by atoms with E-state index in [9.17, 15) is 4.79 Å². The SMILES string of the molecule is Cc1ccc(OCC(=O)Nc2ccc(Oc3cc(-n4cccc4)ncn3)cc2)cc1. The molecule has 0 atom stereocenters. The molecule has 0 bridgehead atoms. The van der Waals surface area contributed by atoms with Crippen molar-refractivity contribution in [2.24, 2.45) is 0 Å². The lowest BCUT2D eigenvalue weighted by atomic mass is 10.2.